The Kier molecular flexibility index (Phi) is 6.18. The van der Waals surface area contributed by atoms with Crippen LogP contribution in [0.25, 0.3) is 50.3 Å². The normalized spacial score (nSPS) is 11.5. The largest absolute Gasteiger partial charge is 0.497 e. The zero-order valence-corrected chi connectivity index (χ0v) is 24.5. The minimum absolute atomic E-state index is 0.711. The Balaban J connectivity index is 1.62. The molecule has 0 aliphatic rings. The van der Waals surface area contributed by atoms with Crippen molar-refractivity contribution in [2.24, 2.45) is 0 Å². The number of benzene rings is 4. The summed E-state index contributed by atoms with van der Waals surface area (Å²) < 4.78 is 8.01. The second-order valence-corrected chi connectivity index (χ2v) is 10.9. The summed E-state index contributed by atoms with van der Waals surface area (Å²) in [5.41, 5.74) is 14.0. The van der Waals surface area contributed by atoms with Crippen LogP contribution in [0.2, 0.25) is 0 Å². The van der Waals surface area contributed by atoms with E-state index in [1.165, 1.54) is 49.8 Å². The van der Waals surface area contributed by atoms with Crippen molar-refractivity contribution in [3.8, 4) is 34.2 Å². The number of rotatable bonds is 4. The van der Waals surface area contributed by atoms with E-state index in [4.69, 9.17) is 9.72 Å². The van der Waals surface area contributed by atoms with Crippen molar-refractivity contribution < 1.29 is 4.74 Å². The summed E-state index contributed by atoms with van der Waals surface area (Å²) in [4.78, 5) is 14.3. The van der Waals surface area contributed by atoms with E-state index in [1.54, 1.807) is 13.4 Å². The molecule has 0 spiro atoms. The van der Waals surface area contributed by atoms with E-state index >= 15 is 0 Å². The highest BCUT2D eigenvalue weighted by Crippen LogP contribution is 2.40. The van der Waals surface area contributed by atoms with Gasteiger partial charge in [0.25, 0.3) is 0 Å². The fourth-order valence-electron chi connectivity index (χ4n) is 6.15. The third kappa shape index (κ3) is 3.88. The minimum atomic E-state index is 0.711. The van der Waals surface area contributed by atoms with Crippen molar-refractivity contribution in [2.75, 3.05) is 7.11 Å². The van der Waals surface area contributed by atoms with Gasteiger partial charge in [-0.15, -0.1) is 0 Å². The van der Waals surface area contributed by atoms with Crippen LogP contribution in [0.3, 0.4) is 0 Å². The highest BCUT2D eigenvalue weighted by Gasteiger charge is 2.23. The van der Waals surface area contributed by atoms with Gasteiger partial charge in [0, 0.05) is 21.9 Å². The Morgan fingerprint density at radius 2 is 1.20 bits per heavy atom. The molecule has 6 aromatic rings. The topological polar surface area (TPSA) is 52.8 Å². The highest BCUT2D eigenvalue weighted by atomic mass is 16.5. The SMILES string of the molecule is COc1ccc2c(c1)c1cc(C)ccc1n2-c1c(C)c(C)c(-c2ncnc(-c3c(C)cccc3C)n2)c(C)c1C. The maximum atomic E-state index is 5.59. The Hall–Kier alpha value is -4.51. The number of nitrogens with zero attached hydrogens (tertiary/aromatic N) is 4. The van der Waals surface area contributed by atoms with Gasteiger partial charge in [-0.1, -0.05) is 29.8 Å². The monoisotopic (exact) mass is 526 g/mol. The molecule has 0 amide bonds. The molecule has 200 valence electrons. The van der Waals surface area contributed by atoms with E-state index in [0.717, 1.165) is 33.5 Å². The molecule has 0 saturated heterocycles. The lowest BCUT2D eigenvalue weighted by atomic mass is 9.91. The molecule has 5 nitrogen and oxygen atoms in total. The molecule has 0 fully saturated rings. The molecule has 0 aliphatic carbocycles. The molecule has 0 atom stereocenters. The van der Waals surface area contributed by atoms with Crippen LogP contribution in [0.15, 0.2) is 60.9 Å². The van der Waals surface area contributed by atoms with Crippen molar-refractivity contribution >= 4 is 21.8 Å². The molecule has 2 aromatic heterocycles. The quantitative estimate of drug-likeness (QED) is 0.231. The first kappa shape index (κ1) is 25.8. The molecular formula is C35H34N4O. The van der Waals surface area contributed by atoms with Crippen molar-refractivity contribution in [3.63, 3.8) is 0 Å². The van der Waals surface area contributed by atoms with Gasteiger partial charge in [-0.3, -0.25) is 0 Å². The van der Waals surface area contributed by atoms with Crippen LogP contribution in [0, 0.1) is 48.5 Å². The van der Waals surface area contributed by atoms with Gasteiger partial charge in [0.15, 0.2) is 11.6 Å². The summed E-state index contributed by atoms with van der Waals surface area (Å²) in [7, 11) is 1.72. The Labute approximate surface area is 235 Å². The van der Waals surface area contributed by atoms with E-state index in [2.05, 4.69) is 112 Å². The van der Waals surface area contributed by atoms with E-state index in [9.17, 15) is 0 Å². The average molecular weight is 527 g/mol. The third-order valence-corrected chi connectivity index (χ3v) is 8.44. The van der Waals surface area contributed by atoms with Crippen LogP contribution >= 0.6 is 0 Å². The number of hydrogen-bond donors (Lipinski definition) is 0. The first-order chi connectivity index (χ1) is 19.2. The molecule has 2 heterocycles. The molecule has 0 unspecified atom stereocenters. The summed E-state index contributed by atoms with van der Waals surface area (Å²) in [5.74, 6) is 2.28. The molecule has 40 heavy (non-hydrogen) atoms. The predicted molar refractivity (Wildman–Crippen MR) is 165 cm³/mol. The Morgan fingerprint density at radius 1 is 0.625 bits per heavy atom. The van der Waals surface area contributed by atoms with E-state index in [0.29, 0.717) is 11.6 Å². The van der Waals surface area contributed by atoms with E-state index in [1.807, 2.05) is 6.07 Å². The smallest absolute Gasteiger partial charge is 0.163 e. The lowest BCUT2D eigenvalue weighted by Crippen LogP contribution is -2.08. The number of aromatic nitrogens is 4. The van der Waals surface area contributed by atoms with Gasteiger partial charge >= 0.3 is 0 Å². The summed E-state index contributed by atoms with van der Waals surface area (Å²) in [6.45, 7) is 15.1. The van der Waals surface area contributed by atoms with Crippen LogP contribution in [-0.2, 0) is 0 Å². The van der Waals surface area contributed by atoms with Crippen molar-refractivity contribution in [1.82, 2.24) is 19.5 Å². The van der Waals surface area contributed by atoms with Gasteiger partial charge < -0.3 is 9.30 Å². The molecule has 0 N–H and O–H groups in total. The second-order valence-electron chi connectivity index (χ2n) is 10.9. The van der Waals surface area contributed by atoms with Gasteiger partial charge in [-0.05, 0) is 112 Å². The Morgan fingerprint density at radius 3 is 1.82 bits per heavy atom. The summed E-state index contributed by atoms with van der Waals surface area (Å²) in [6.07, 6.45) is 1.64. The molecule has 5 heteroatoms. The second kappa shape index (κ2) is 9.60. The molecule has 0 saturated carbocycles. The predicted octanol–water partition coefficient (Wildman–Crippen LogP) is 8.47. The molecule has 0 aliphatic heterocycles. The lowest BCUT2D eigenvalue weighted by Gasteiger charge is -2.22. The van der Waals surface area contributed by atoms with Gasteiger partial charge in [0.2, 0.25) is 0 Å². The zero-order valence-electron chi connectivity index (χ0n) is 24.5. The van der Waals surface area contributed by atoms with Crippen LogP contribution in [0.1, 0.15) is 38.9 Å². The number of ether oxygens (including phenoxy) is 1. The number of hydrogen-bond acceptors (Lipinski definition) is 4. The summed E-state index contributed by atoms with van der Waals surface area (Å²) in [5, 5.41) is 2.41. The first-order valence-electron chi connectivity index (χ1n) is 13.7. The van der Waals surface area contributed by atoms with Gasteiger partial charge in [-0.2, -0.15) is 0 Å². The fourth-order valence-corrected chi connectivity index (χ4v) is 6.15. The number of aryl methyl sites for hydroxylation is 3. The molecule has 0 radical (unpaired) electrons. The van der Waals surface area contributed by atoms with E-state index < -0.39 is 0 Å². The van der Waals surface area contributed by atoms with Gasteiger partial charge in [-0.25, -0.2) is 15.0 Å². The Bertz CT molecular complexity index is 1920. The summed E-state index contributed by atoms with van der Waals surface area (Å²) >= 11 is 0. The van der Waals surface area contributed by atoms with Gasteiger partial charge in [0.1, 0.15) is 12.1 Å². The third-order valence-electron chi connectivity index (χ3n) is 8.44. The maximum Gasteiger partial charge on any atom is 0.163 e. The van der Waals surface area contributed by atoms with Crippen LogP contribution < -0.4 is 4.74 Å². The molecule has 0 bridgehead atoms. The molecule has 6 rings (SSSR count). The number of methoxy groups -OCH3 is 1. The molecule has 4 aromatic carbocycles. The summed E-state index contributed by atoms with van der Waals surface area (Å²) in [6, 6.07) is 19.3. The average Bonchev–Trinajstić information content (AvgIpc) is 3.25. The van der Waals surface area contributed by atoms with Crippen LogP contribution in [0.4, 0.5) is 0 Å². The van der Waals surface area contributed by atoms with Gasteiger partial charge in [0.05, 0.1) is 23.8 Å². The standard InChI is InChI=1S/C35H34N4O/c1-19-12-14-29-27(16-19)28-17-26(40-8)13-15-30(28)39(29)33-24(6)22(4)32(23(5)25(33)7)35-37-18-36-34(38-35)31-20(2)10-9-11-21(31)3/h9-18H,1-8H3. The highest BCUT2D eigenvalue weighted by molar-refractivity contribution is 6.10. The van der Waals surface area contributed by atoms with Crippen molar-refractivity contribution in [2.45, 2.75) is 48.5 Å². The fraction of sp³-hybridized carbons (Fsp3) is 0.229. The first-order valence-corrected chi connectivity index (χ1v) is 13.7. The van der Waals surface area contributed by atoms with Crippen LogP contribution in [-0.4, -0.2) is 26.6 Å². The lowest BCUT2D eigenvalue weighted by molar-refractivity contribution is 0.415. The zero-order chi connectivity index (χ0) is 28.3. The maximum absolute atomic E-state index is 5.59. The molecular weight excluding hydrogens is 492 g/mol. The van der Waals surface area contributed by atoms with Crippen molar-refractivity contribution in [3.05, 3.63) is 99.9 Å². The van der Waals surface area contributed by atoms with Crippen molar-refractivity contribution in [1.29, 1.82) is 0 Å². The van der Waals surface area contributed by atoms with E-state index in [-0.39, 0.29) is 0 Å². The minimum Gasteiger partial charge on any atom is -0.497 e. The van der Waals surface area contributed by atoms with Crippen LogP contribution in [0.5, 0.6) is 5.75 Å². The number of fused-ring (bicyclic) bond motifs is 3.